The molecule has 1 fully saturated rings. The molecule has 2 aromatic rings. The van der Waals surface area contributed by atoms with Gasteiger partial charge in [0.05, 0.1) is 7.11 Å². The normalized spacial score (nSPS) is 15.7. The molecule has 0 aliphatic carbocycles. The number of hydrogen-bond acceptors (Lipinski definition) is 4. The molecule has 8 heteroatoms. The zero-order valence-corrected chi connectivity index (χ0v) is 16.2. The third-order valence-corrected chi connectivity index (χ3v) is 6.08. The van der Waals surface area contributed by atoms with Crippen LogP contribution in [0.4, 0.5) is 4.39 Å². The molecular weight excluding hydrogens is 383 g/mol. The first-order chi connectivity index (χ1) is 13.4. The summed E-state index contributed by atoms with van der Waals surface area (Å²) in [6, 6.07) is 13.2. The molecule has 6 nitrogen and oxygen atoms in total. The average molecular weight is 404 g/mol. The zero-order valence-electron chi connectivity index (χ0n) is 15.4. The van der Waals surface area contributed by atoms with E-state index in [0.29, 0.717) is 0 Å². The smallest absolute Gasteiger partial charge is 0.254 e. The second kappa shape index (κ2) is 8.53. The summed E-state index contributed by atoms with van der Waals surface area (Å²) in [6.07, 6.45) is 1.55. The first kappa shape index (κ1) is 20.0. The summed E-state index contributed by atoms with van der Waals surface area (Å²) in [5.74, 6) is -0.878. The molecule has 28 heavy (non-hydrogen) atoms. The van der Waals surface area contributed by atoms with Crippen LogP contribution in [-0.2, 0) is 10.0 Å². The Morgan fingerprint density at radius 3 is 2.36 bits per heavy atom. The Kier molecular flexibility index (Phi) is 6.11. The fourth-order valence-electron chi connectivity index (χ4n) is 2.94. The van der Waals surface area contributed by atoms with Gasteiger partial charge in [0, 0.05) is 37.2 Å². The SMILES string of the molecule is COc1ccc(C(=O)N2CCN(S(=O)(=O)/C=C/c3ccccc3)CC2)cc1F. The Labute approximate surface area is 163 Å². The van der Waals surface area contributed by atoms with Gasteiger partial charge in [-0.2, -0.15) is 4.31 Å². The monoisotopic (exact) mass is 404 g/mol. The summed E-state index contributed by atoms with van der Waals surface area (Å²) >= 11 is 0. The van der Waals surface area contributed by atoms with Gasteiger partial charge >= 0.3 is 0 Å². The lowest BCUT2D eigenvalue weighted by Gasteiger charge is -2.33. The highest BCUT2D eigenvalue weighted by atomic mass is 32.2. The molecule has 0 unspecified atom stereocenters. The third kappa shape index (κ3) is 4.58. The molecule has 0 radical (unpaired) electrons. The number of carbonyl (C=O) groups excluding carboxylic acids is 1. The molecule has 0 aromatic heterocycles. The molecule has 2 aromatic carbocycles. The lowest BCUT2D eigenvalue weighted by atomic mass is 10.1. The van der Waals surface area contributed by atoms with Crippen molar-refractivity contribution in [3.05, 3.63) is 70.9 Å². The second-order valence-corrected chi connectivity index (χ2v) is 8.12. The summed E-state index contributed by atoms with van der Waals surface area (Å²) in [5.41, 5.74) is 1.00. The second-order valence-electron chi connectivity index (χ2n) is 6.30. The first-order valence-electron chi connectivity index (χ1n) is 8.77. The van der Waals surface area contributed by atoms with Crippen molar-refractivity contribution in [3.8, 4) is 5.75 Å². The van der Waals surface area contributed by atoms with Crippen LogP contribution >= 0.6 is 0 Å². The van der Waals surface area contributed by atoms with E-state index in [9.17, 15) is 17.6 Å². The number of sulfonamides is 1. The van der Waals surface area contributed by atoms with E-state index in [2.05, 4.69) is 0 Å². The van der Waals surface area contributed by atoms with Crippen LogP contribution in [0.1, 0.15) is 15.9 Å². The summed E-state index contributed by atoms with van der Waals surface area (Å²) in [4.78, 5) is 14.1. The van der Waals surface area contributed by atoms with Crippen LogP contribution in [0.2, 0.25) is 0 Å². The maximum Gasteiger partial charge on any atom is 0.254 e. The fourth-order valence-corrected chi connectivity index (χ4v) is 4.12. The number of ether oxygens (including phenoxy) is 1. The van der Waals surface area contributed by atoms with Crippen molar-refractivity contribution in [1.82, 2.24) is 9.21 Å². The van der Waals surface area contributed by atoms with E-state index in [1.165, 1.54) is 33.9 Å². The van der Waals surface area contributed by atoms with Crippen molar-refractivity contribution < 1.29 is 22.3 Å². The number of piperazine rings is 1. The zero-order chi connectivity index (χ0) is 20.1. The van der Waals surface area contributed by atoms with E-state index < -0.39 is 15.8 Å². The molecule has 3 rings (SSSR count). The van der Waals surface area contributed by atoms with Crippen molar-refractivity contribution in [1.29, 1.82) is 0 Å². The topological polar surface area (TPSA) is 66.9 Å². The number of methoxy groups -OCH3 is 1. The van der Waals surface area contributed by atoms with Crippen molar-refractivity contribution in [2.45, 2.75) is 0 Å². The molecule has 1 aliphatic heterocycles. The molecule has 0 atom stereocenters. The van der Waals surface area contributed by atoms with Crippen LogP contribution in [-0.4, -0.2) is 56.8 Å². The molecule has 148 valence electrons. The predicted molar refractivity (Wildman–Crippen MR) is 105 cm³/mol. The Morgan fingerprint density at radius 2 is 1.75 bits per heavy atom. The van der Waals surface area contributed by atoms with E-state index in [1.54, 1.807) is 6.08 Å². The minimum Gasteiger partial charge on any atom is -0.494 e. The van der Waals surface area contributed by atoms with E-state index >= 15 is 0 Å². The largest absolute Gasteiger partial charge is 0.494 e. The van der Waals surface area contributed by atoms with Crippen molar-refractivity contribution >= 4 is 22.0 Å². The Hall–Kier alpha value is -2.71. The molecule has 0 saturated carbocycles. The van der Waals surface area contributed by atoms with Gasteiger partial charge in [-0.05, 0) is 29.8 Å². The molecular formula is C20H21FN2O4S. The highest BCUT2D eigenvalue weighted by molar-refractivity contribution is 7.92. The molecule has 1 saturated heterocycles. The summed E-state index contributed by atoms with van der Waals surface area (Å²) < 4.78 is 45.0. The van der Waals surface area contributed by atoms with Crippen LogP contribution in [0, 0.1) is 5.82 Å². The van der Waals surface area contributed by atoms with Crippen LogP contribution in [0.3, 0.4) is 0 Å². The van der Waals surface area contributed by atoms with Gasteiger partial charge in [-0.1, -0.05) is 30.3 Å². The number of halogens is 1. The molecule has 0 bridgehead atoms. The van der Waals surface area contributed by atoms with Gasteiger partial charge in [0.25, 0.3) is 5.91 Å². The predicted octanol–water partition coefficient (Wildman–Crippen LogP) is 2.59. The lowest BCUT2D eigenvalue weighted by Crippen LogP contribution is -2.50. The van der Waals surface area contributed by atoms with E-state index in [0.717, 1.165) is 11.6 Å². The number of carbonyl (C=O) groups is 1. The lowest BCUT2D eigenvalue weighted by molar-refractivity contribution is 0.0698. The van der Waals surface area contributed by atoms with E-state index in [1.807, 2.05) is 30.3 Å². The minimum atomic E-state index is -3.57. The molecule has 1 aliphatic rings. The van der Waals surface area contributed by atoms with Gasteiger partial charge < -0.3 is 9.64 Å². The summed E-state index contributed by atoms with van der Waals surface area (Å²) in [5, 5.41) is 1.18. The number of nitrogens with zero attached hydrogens (tertiary/aromatic N) is 2. The highest BCUT2D eigenvalue weighted by Gasteiger charge is 2.28. The summed E-state index contributed by atoms with van der Waals surface area (Å²) in [6.45, 7) is 0.855. The van der Waals surface area contributed by atoms with Gasteiger partial charge in [-0.25, -0.2) is 12.8 Å². The van der Waals surface area contributed by atoms with Crippen LogP contribution in [0.15, 0.2) is 53.9 Å². The van der Waals surface area contributed by atoms with Crippen molar-refractivity contribution in [2.24, 2.45) is 0 Å². The number of amides is 1. The van der Waals surface area contributed by atoms with Gasteiger partial charge in [-0.15, -0.1) is 0 Å². The Balaban J connectivity index is 1.63. The van der Waals surface area contributed by atoms with Crippen LogP contribution < -0.4 is 4.74 Å². The average Bonchev–Trinajstić information content (AvgIpc) is 2.72. The number of benzene rings is 2. The van der Waals surface area contributed by atoms with Gasteiger partial charge in [-0.3, -0.25) is 4.79 Å². The molecule has 1 amide bonds. The standard InChI is InChI=1S/C20H21FN2O4S/c1-27-19-8-7-17(15-18(19)21)20(24)22-10-12-23(13-11-22)28(25,26)14-9-16-5-3-2-4-6-16/h2-9,14-15H,10-13H2,1H3/b14-9+. The van der Waals surface area contributed by atoms with Gasteiger partial charge in [0.1, 0.15) is 0 Å². The number of hydrogen-bond donors (Lipinski definition) is 0. The fraction of sp³-hybridized carbons (Fsp3) is 0.250. The van der Waals surface area contributed by atoms with Gasteiger partial charge in [0.2, 0.25) is 10.0 Å². The van der Waals surface area contributed by atoms with Crippen molar-refractivity contribution in [3.63, 3.8) is 0 Å². The molecule has 1 heterocycles. The van der Waals surface area contributed by atoms with E-state index in [-0.39, 0.29) is 43.4 Å². The highest BCUT2D eigenvalue weighted by Crippen LogP contribution is 2.20. The van der Waals surface area contributed by atoms with Crippen molar-refractivity contribution in [2.75, 3.05) is 33.3 Å². The maximum absolute atomic E-state index is 13.8. The third-order valence-electron chi connectivity index (χ3n) is 4.52. The Bertz CT molecular complexity index is 969. The van der Waals surface area contributed by atoms with E-state index in [4.69, 9.17) is 4.74 Å². The minimum absolute atomic E-state index is 0.0673. The molecule has 0 N–H and O–H groups in total. The first-order valence-corrected chi connectivity index (χ1v) is 10.3. The number of rotatable bonds is 5. The van der Waals surface area contributed by atoms with Crippen LogP contribution in [0.5, 0.6) is 5.75 Å². The van der Waals surface area contributed by atoms with Crippen LogP contribution in [0.25, 0.3) is 6.08 Å². The van der Waals surface area contributed by atoms with Gasteiger partial charge in [0.15, 0.2) is 11.6 Å². The maximum atomic E-state index is 13.8. The Morgan fingerprint density at radius 1 is 1.07 bits per heavy atom. The quantitative estimate of drug-likeness (QED) is 0.768. The summed E-state index contributed by atoms with van der Waals surface area (Å²) in [7, 11) is -2.22. The molecule has 0 spiro atoms.